The first-order chi connectivity index (χ1) is 8.18. The summed E-state index contributed by atoms with van der Waals surface area (Å²) < 4.78 is 52.0. The van der Waals surface area contributed by atoms with Crippen LogP contribution in [0.25, 0.3) is 0 Å². The van der Waals surface area contributed by atoms with E-state index in [0.717, 1.165) is 7.11 Å². The maximum Gasteiger partial charge on any atom is 0.296 e. The molecule has 0 fully saturated rings. The summed E-state index contributed by atoms with van der Waals surface area (Å²) in [6, 6.07) is 0.598. The Morgan fingerprint density at radius 1 is 1.56 bits per heavy atom. The van der Waals surface area contributed by atoms with Crippen molar-refractivity contribution in [1.82, 2.24) is 4.98 Å². The molecule has 0 bridgehead atoms. The van der Waals surface area contributed by atoms with E-state index < -0.39 is 42.6 Å². The van der Waals surface area contributed by atoms with Crippen molar-refractivity contribution < 1.29 is 26.9 Å². The summed E-state index contributed by atoms with van der Waals surface area (Å²) in [5, 5.41) is 10.7. The predicted octanol–water partition coefficient (Wildman–Crippen LogP) is 1.86. The minimum absolute atomic E-state index is 0.513. The first-order valence-electron chi connectivity index (χ1n) is 4.14. The van der Waals surface area contributed by atoms with Crippen LogP contribution in [-0.4, -0.2) is 25.4 Å². The number of ether oxygens (including phenoxy) is 1. The van der Waals surface area contributed by atoms with Gasteiger partial charge in [-0.05, 0) is 0 Å². The third-order valence-electron chi connectivity index (χ3n) is 1.81. The third kappa shape index (κ3) is 2.82. The lowest BCUT2D eigenvalue weighted by Gasteiger charge is -2.08. The Hall–Kier alpha value is -1.55. The zero-order valence-electron chi connectivity index (χ0n) is 8.63. The predicted molar refractivity (Wildman–Crippen MR) is 55.4 cm³/mol. The Bertz CT molecular complexity index is 592. The summed E-state index contributed by atoms with van der Waals surface area (Å²) in [6.07, 6.45) is -3.36. The Kier molecular flexibility index (Phi) is 4.02. The quantitative estimate of drug-likeness (QED) is 0.478. The van der Waals surface area contributed by atoms with Gasteiger partial charge in [-0.25, -0.2) is 22.2 Å². The van der Waals surface area contributed by atoms with E-state index in [0.29, 0.717) is 6.07 Å². The fourth-order valence-corrected chi connectivity index (χ4v) is 2.40. The van der Waals surface area contributed by atoms with E-state index in [1.165, 1.54) is 0 Å². The van der Waals surface area contributed by atoms with E-state index in [1.54, 1.807) is 0 Å². The summed E-state index contributed by atoms with van der Waals surface area (Å²) in [5.41, 5.74) is -2.44. The maximum absolute atomic E-state index is 12.7. The van der Waals surface area contributed by atoms with Gasteiger partial charge in [-0.2, -0.15) is 0 Å². The molecule has 0 radical (unpaired) electrons. The van der Waals surface area contributed by atoms with Crippen LogP contribution in [-0.2, 0) is 9.05 Å². The molecule has 0 atom stereocenters. The largest absolute Gasteiger partial charge is 0.481 e. The van der Waals surface area contributed by atoms with Gasteiger partial charge in [0.2, 0.25) is 5.88 Å². The van der Waals surface area contributed by atoms with Crippen molar-refractivity contribution >= 4 is 25.4 Å². The molecule has 11 heteroatoms. The van der Waals surface area contributed by atoms with Gasteiger partial charge in [0.25, 0.3) is 21.2 Å². The number of alkyl halides is 2. The second-order valence-electron chi connectivity index (χ2n) is 2.89. The van der Waals surface area contributed by atoms with Crippen molar-refractivity contribution in [3.05, 3.63) is 21.9 Å². The number of hydrogen-bond donors (Lipinski definition) is 0. The van der Waals surface area contributed by atoms with Crippen LogP contribution in [0.4, 0.5) is 14.5 Å². The zero-order valence-corrected chi connectivity index (χ0v) is 10.2. The highest BCUT2D eigenvalue weighted by molar-refractivity contribution is 8.13. The molecule has 0 aliphatic carbocycles. The number of aromatic nitrogens is 1. The van der Waals surface area contributed by atoms with Crippen LogP contribution in [0.2, 0.25) is 0 Å². The number of nitrogens with zero attached hydrogens (tertiary/aromatic N) is 2. The van der Waals surface area contributed by atoms with Crippen LogP contribution in [0.5, 0.6) is 5.88 Å². The van der Waals surface area contributed by atoms with Crippen molar-refractivity contribution in [2.75, 3.05) is 7.11 Å². The van der Waals surface area contributed by atoms with Crippen molar-refractivity contribution in [3.8, 4) is 5.88 Å². The molecule has 0 aliphatic heterocycles. The van der Waals surface area contributed by atoms with Gasteiger partial charge in [0, 0.05) is 10.7 Å². The molecule has 0 N–H and O–H groups in total. The van der Waals surface area contributed by atoms with Crippen molar-refractivity contribution in [2.24, 2.45) is 0 Å². The first-order valence-corrected chi connectivity index (χ1v) is 6.45. The van der Waals surface area contributed by atoms with E-state index >= 15 is 0 Å². The van der Waals surface area contributed by atoms with Crippen LogP contribution in [0.1, 0.15) is 12.1 Å². The molecule has 0 saturated carbocycles. The van der Waals surface area contributed by atoms with E-state index in [9.17, 15) is 27.3 Å². The van der Waals surface area contributed by atoms with E-state index in [-0.39, 0.29) is 0 Å². The Morgan fingerprint density at radius 3 is 2.44 bits per heavy atom. The molecule has 100 valence electrons. The highest BCUT2D eigenvalue weighted by Crippen LogP contribution is 2.36. The average Bonchev–Trinajstić information content (AvgIpc) is 2.25. The molecular weight excluding hydrogens is 298 g/mol. The fraction of sp³-hybridized carbons (Fsp3) is 0.286. The monoisotopic (exact) mass is 302 g/mol. The molecule has 0 aromatic carbocycles. The molecule has 1 heterocycles. The van der Waals surface area contributed by atoms with Gasteiger partial charge in [0.15, 0.2) is 4.90 Å². The molecule has 0 amide bonds. The Balaban J connectivity index is 3.78. The van der Waals surface area contributed by atoms with Gasteiger partial charge in [-0.15, -0.1) is 0 Å². The van der Waals surface area contributed by atoms with Crippen molar-refractivity contribution in [1.29, 1.82) is 0 Å². The van der Waals surface area contributed by atoms with Crippen molar-refractivity contribution in [2.45, 2.75) is 11.3 Å². The van der Waals surface area contributed by atoms with E-state index in [4.69, 9.17) is 10.7 Å². The molecule has 1 aromatic rings. The van der Waals surface area contributed by atoms with Gasteiger partial charge >= 0.3 is 0 Å². The molecular formula is C7H5ClF2N2O5S. The minimum Gasteiger partial charge on any atom is -0.481 e. The number of halogens is 3. The lowest BCUT2D eigenvalue weighted by molar-refractivity contribution is -0.388. The summed E-state index contributed by atoms with van der Waals surface area (Å²) in [4.78, 5) is 11.3. The maximum atomic E-state index is 12.7. The molecule has 1 rings (SSSR count). The number of pyridine rings is 1. The summed E-state index contributed by atoms with van der Waals surface area (Å²) >= 11 is 0. The van der Waals surface area contributed by atoms with Crippen LogP contribution in [0.15, 0.2) is 11.0 Å². The smallest absolute Gasteiger partial charge is 0.296 e. The lowest BCUT2D eigenvalue weighted by atomic mass is 10.3. The van der Waals surface area contributed by atoms with Gasteiger partial charge in [0.1, 0.15) is 5.69 Å². The lowest BCUT2D eigenvalue weighted by Crippen LogP contribution is -2.07. The SMILES string of the molecule is COc1cc([N+](=O)[O-])c(S(=O)(=O)Cl)c(C(F)F)n1. The van der Waals surface area contributed by atoms with E-state index in [2.05, 4.69) is 9.72 Å². The number of nitro groups is 1. The first kappa shape index (κ1) is 14.5. The number of methoxy groups -OCH3 is 1. The summed E-state index contributed by atoms with van der Waals surface area (Å²) in [6.45, 7) is 0. The summed E-state index contributed by atoms with van der Waals surface area (Å²) in [7, 11) is 1.20. The van der Waals surface area contributed by atoms with Crippen LogP contribution >= 0.6 is 10.7 Å². The van der Waals surface area contributed by atoms with Crippen LogP contribution in [0.3, 0.4) is 0 Å². The zero-order chi connectivity index (χ0) is 14.1. The van der Waals surface area contributed by atoms with Crippen LogP contribution < -0.4 is 4.74 Å². The highest BCUT2D eigenvalue weighted by atomic mass is 35.7. The molecule has 0 aliphatic rings. The molecule has 0 spiro atoms. The Morgan fingerprint density at radius 2 is 2.11 bits per heavy atom. The molecule has 1 aromatic heterocycles. The normalized spacial score (nSPS) is 11.6. The second-order valence-corrected chi connectivity index (χ2v) is 5.40. The number of rotatable bonds is 4. The van der Waals surface area contributed by atoms with Gasteiger partial charge in [-0.3, -0.25) is 10.1 Å². The fourth-order valence-electron chi connectivity index (χ4n) is 1.15. The second kappa shape index (κ2) is 4.98. The summed E-state index contributed by atoms with van der Waals surface area (Å²) in [5.74, 6) is -0.513. The molecule has 0 saturated heterocycles. The van der Waals surface area contributed by atoms with Gasteiger partial charge in [0.05, 0.1) is 18.1 Å². The highest BCUT2D eigenvalue weighted by Gasteiger charge is 2.34. The Labute approximate surface area is 104 Å². The van der Waals surface area contributed by atoms with Gasteiger partial charge in [-0.1, -0.05) is 0 Å². The van der Waals surface area contributed by atoms with Crippen LogP contribution in [0, 0.1) is 10.1 Å². The molecule has 0 unspecified atom stereocenters. The standard InChI is InChI=1S/C7H5ClF2N2O5S/c1-17-4-2-3(12(13)14)6(18(8,15)16)5(11-4)7(9)10/h2,7H,1H3. The molecule has 18 heavy (non-hydrogen) atoms. The average molecular weight is 303 g/mol. The molecule has 7 nitrogen and oxygen atoms in total. The minimum atomic E-state index is -4.75. The van der Waals surface area contributed by atoms with Crippen molar-refractivity contribution in [3.63, 3.8) is 0 Å². The van der Waals surface area contributed by atoms with E-state index in [1.807, 2.05) is 0 Å². The third-order valence-corrected chi connectivity index (χ3v) is 3.18. The van der Waals surface area contributed by atoms with Gasteiger partial charge < -0.3 is 4.74 Å². The number of hydrogen-bond acceptors (Lipinski definition) is 6. The topological polar surface area (TPSA) is 99.4 Å².